The number of amides is 3. The average molecular weight is 395 g/mol. The van der Waals surface area contributed by atoms with Crippen LogP contribution in [0, 0.1) is 0 Å². The van der Waals surface area contributed by atoms with Crippen molar-refractivity contribution in [2.75, 3.05) is 31.6 Å². The van der Waals surface area contributed by atoms with Gasteiger partial charge in [0.05, 0.1) is 24.5 Å². The Hall–Kier alpha value is -3.19. The minimum Gasteiger partial charge on any atom is -0.378 e. The number of ether oxygens (including phenoxy) is 1. The smallest absolute Gasteiger partial charge is 0.255 e. The highest BCUT2D eigenvalue weighted by Gasteiger charge is 2.27. The Balaban J connectivity index is 1.71. The number of rotatable bonds is 6. The maximum Gasteiger partial charge on any atom is 0.255 e. The van der Waals surface area contributed by atoms with Gasteiger partial charge in [0.15, 0.2) is 0 Å². The summed E-state index contributed by atoms with van der Waals surface area (Å²) < 4.78 is 5.28. The van der Waals surface area contributed by atoms with E-state index in [1.807, 2.05) is 13.0 Å². The van der Waals surface area contributed by atoms with Crippen LogP contribution in [0.4, 0.5) is 5.69 Å². The number of carbonyl (C=O) groups is 3. The van der Waals surface area contributed by atoms with E-state index in [0.717, 1.165) is 0 Å². The van der Waals surface area contributed by atoms with Crippen LogP contribution in [0.15, 0.2) is 54.6 Å². The zero-order valence-corrected chi connectivity index (χ0v) is 16.4. The average Bonchev–Trinajstić information content (AvgIpc) is 2.78. The van der Waals surface area contributed by atoms with Crippen LogP contribution in [0.3, 0.4) is 0 Å². The number of benzene rings is 2. The summed E-state index contributed by atoms with van der Waals surface area (Å²) in [7, 11) is 0. The first-order valence-corrected chi connectivity index (χ1v) is 9.73. The molecular weight excluding hydrogens is 370 g/mol. The molecule has 1 fully saturated rings. The number of nitrogens with one attached hydrogen (secondary N) is 2. The highest BCUT2D eigenvalue weighted by molar-refractivity contribution is 6.09. The second kappa shape index (κ2) is 9.84. The fourth-order valence-electron chi connectivity index (χ4n) is 3.15. The van der Waals surface area contributed by atoms with Crippen LogP contribution in [0.25, 0.3) is 0 Å². The second-order valence-corrected chi connectivity index (χ2v) is 6.74. The number of hydrogen-bond donors (Lipinski definition) is 2. The molecule has 3 amide bonds. The molecule has 3 rings (SSSR count). The van der Waals surface area contributed by atoms with Crippen molar-refractivity contribution in [2.24, 2.45) is 0 Å². The fraction of sp³-hybridized carbons (Fsp3) is 0.318. The molecule has 1 atom stereocenters. The van der Waals surface area contributed by atoms with Crippen molar-refractivity contribution in [3.63, 3.8) is 0 Å². The van der Waals surface area contributed by atoms with Gasteiger partial charge in [0, 0.05) is 18.7 Å². The van der Waals surface area contributed by atoms with Gasteiger partial charge in [-0.15, -0.1) is 0 Å². The first-order valence-electron chi connectivity index (χ1n) is 9.73. The van der Waals surface area contributed by atoms with Gasteiger partial charge in [0.2, 0.25) is 5.91 Å². The first kappa shape index (κ1) is 20.5. The van der Waals surface area contributed by atoms with Crippen LogP contribution in [0.5, 0.6) is 0 Å². The van der Waals surface area contributed by atoms with Crippen LogP contribution in [0.1, 0.15) is 34.1 Å². The number of carbonyl (C=O) groups excluding carboxylic acids is 3. The van der Waals surface area contributed by atoms with E-state index in [0.29, 0.717) is 49.5 Å². The molecule has 2 aromatic rings. The Kier molecular flexibility index (Phi) is 6.97. The predicted molar refractivity (Wildman–Crippen MR) is 110 cm³/mol. The van der Waals surface area contributed by atoms with Gasteiger partial charge in [0.25, 0.3) is 11.8 Å². The monoisotopic (exact) mass is 395 g/mol. The highest BCUT2D eigenvalue weighted by Crippen LogP contribution is 2.17. The maximum atomic E-state index is 12.9. The molecule has 0 radical (unpaired) electrons. The summed E-state index contributed by atoms with van der Waals surface area (Å²) >= 11 is 0. The van der Waals surface area contributed by atoms with Crippen LogP contribution < -0.4 is 10.6 Å². The van der Waals surface area contributed by atoms with E-state index in [4.69, 9.17) is 4.74 Å². The minimum atomic E-state index is -0.626. The Morgan fingerprint density at radius 2 is 1.62 bits per heavy atom. The highest BCUT2D eigenvalue weighted by atomic mass is 16.5. The minimum absolute atomic E-state index is 0.116. The van der Waals surface area contributed by atoms with E-state index in [1.165, 1.54) is 0 Å². The molecule has 1 aliphatic rings. The lowest BCUT2D eigenvalue weighted by atomic mass is 10.1. The lowest BCUT2D eigenvalue weighted by Crippen LogP contribution is -2.51. The summed E-state index contributed by atoms with van der Waals surface area (Å²) in [5.41, 5.74) is 1.20. The van der Waals surface area contributed by atoms with Crippen molar-refractivity contribution in [3.8, 4) is 0 Å². The van der Waals surface area contributed by atoms with Crippen molar-refractivity contribution in [2.45, 2.75) is 19.4 Å². The first-order chi connectivity index (χ1) is 14.1. The third kappa shape index (κ3) is 5.20. The largest absolute Gasteiger partial charge is 0.378 e. The maximum absolute atomic E-state index is 12.9. The van der Waals surface area contributed by atoms with Crippen LogP contribution in [-0.4, -0.2) is 55.0 Å². The summed E-state index contributed by atoms with van der Waals surface area (Å²) in [5.74, 6) is -0.820. The standard InChI is InChI=1S/C22H25N3O4/c1-2-18(22(28)25-12-14-29-15-13-25)23-21(27)17-10-6-7-11-19(17)24-20(26)16-8-4-3-5-9-16/h3-11,18H,2,12-15H2,1H3,(H,23,27)(H,24,26). The SMILES string of the molecule is CCC(NC(=O)c1ccccc1NC(=O)c1ccccc1)C(=O)N1CCOCC1. The Bertz CT molecular complexity index is 863. The molecule has 1 aliphatic heterocycles. The normalized spacial score (nSPS) is 14.7. The van der Waals surface area contributed by atoms with Gasteiger partial charge in [-0.2, -0.15) is 0 Å². The summed E-state index contributed by atoms with van der Waals surface area (Å²) in [6.45, 7) is 3.91. The summed E-state index contributed by atoms with van der Waals surface area (Å²) in [4.78, 5) is 39.8. The van der Waals surface area contributed by atoms with Gasteiger partial charge in [-0.1, -0.05) is 37.3 Å². The predicted octanol–water partition coefficient (Wildman–Crippen LogP) is 2.31. The van der Waals surface area contributed by atoms with Crippen LogP contribution >= 0.6 is 0 Å². The van der Waals surface area contributed by atoms with E-state index in [1.54, 1.807) is 53.4 Å². The molecule has 2 N–H and O–H groups in total. The Labute approximate surface area is 170 Å². The number of morpholine rings is 1. The Morgan fingerprint density at radius 1 is 0.966 bits per heavy atom. The molecule has 152 valence electrons. The summed E-state index contributed by atoms with van der Waals surface area (Å²) in [6.07, 6.45) is 0.473. The van der Waals surface area contributed by atoms with Crippen molar-refractivity contribution in [1.29, 1.82) is 0 Å². The van der Waals surface area contributed by atoms with Crippen molar-refractivity contribution in [1.82, 2.24) is 10.2 Å². The Morgan fingerprint density at radius 3 is 2.31 bits per heavy atom. The number of para-hydroxylation sites is 1. The van der Waals surface area contributed by atoms with Crippen LogP contribution in [0.2, 0.25) is 0 Å². The number of hydrogen-bond acceptors (Lipinski definition) is 4. The lowest BCUT2D eigenvalue weighted by Gasteiger charge is -2.30. The molecule has 29 heavy (non-hydrogen) atoms. The molecule has 1 saturated heterocycles. The summed E-state index contributed by atoms with van der Waals surface area (Å²) in [5, 5.41) is 5.59. The quantitative estimate of drug-likeness (QED) is 0.786. The van der Waals surface area contributed by atoms with Crippen LogP contribution in [-0.2, 0) is 9.53 Å². The van der Waals surface area contributed by atoms with Gasteiger partial charge < -0.3 is 20.3 Å². The second-order valence-electron chi connectivity index (χ2n) is 6.74. The van der Waals surface area contributed by atoms with Gasteiger partial charge in [-0.25, -0.2) is 0 Å². The number of anilines is 1. The van der Waals surface area contributed by atoms with E-state index in [9.17, 15) is 14.4 Å². The molecule has 7 heteroatoms. The zero-order chi connectivity index (χ0) is 20.6. The van der Waals surface area contributed by atoms with Gasteiger partial charge >= 0.3 is 0 Å². The van der Waals surface area contributed by atoms with Crippen molar-refractivity contribution < 1.29 is 19.1 Å². The molecule has 7 nitrogen and oxygen atoms in total. The molecule has 0 bridgehead atoms. The van der Waals surface area contributed by atoms with E-state index < -0.39 is 11.9 Å². The molecule has 0 saturated carbocycles. The third-order valence-corrected chi connectivity index (χ3v) is 4.79. The topological polar surface area (TPSA) is 87.7 Å². The lowest BCUT2D eigenvalue weighted by molar-refractivity contribution is -0.137. The summed E-state index contributed by atoms with van der Waals surface area (Å²) in [6, 6.07) is 14.9. The number of nitrogens with zero attached hydrogens (tertiary/aromatic N) is 1. The van der Waals surface area contributed by atoms with E-state index in [-0.39, 0.29) is 11.8 Å². The molecule has 0 aromatic heterocycles. The van der Waals surface area contributed by atoms with Gasteiger partial charge in [-0.3, -0.25) is 14.4 Å². The molecule has 0 aliphatic carbocycles. The molecule has 1 heterocycles. The van der Waals surface area contributed by atoms with Crippen molar-refractivity contribution in [3.05, 3.63) is 65.7 Å². The molecule has 0 spiro atoms. The molecule has 2 aromatic carbocycles. The third-order valence-electron chi connectivity index (χ3n) is 4.79. The zero-order valence-electron chi connectivity index (χ0n) is 16.4. The van der Waals surface area contributed by atoms with Gasteiger partial charge in [0.1, 0.15) is 6.04 Å². The molecular formula is C22H25N3O4. The van der Waals surface area contributed by atoms with Gasteiger partial charge in [-0.05, 0) is 30.7 Å². The van der Waals surface area contributed by atoms with E-state index in [2.05, 4.69) is 10.6 Å². The van der Waals surface area contributed by atoms with Crippen molar-refractivity contribution >= 4 is 23.4 Å². The fourth-order valence-corrected chi connectivity index (χ4v) is 3.15. The van der Waals surface area contributed by atoms with E-state index >= 15 is 0 Å². The molecule has 1 unspecified atom stereocenters.